The van der Waals surface area contributed by atoms with Gasteiger partial charge in [-0.2, -0.15) is 0 Å². The number of nitrogens with zero attached hydrogens (tertiary/aromatic N) is 1. The molecule has 0 atom stereocenters. The van der Waals surface area contributed by atoms with Gasteiger partial charge in [0.25, 0.3) is 0 Å². The van der Waals surface area contributed by atoms with Crippen LogP contribution in [0.4, 0.5) is 0 Å². The molecular weight excluding hydrogens is 240 g/mol. The van der Waals surface area contributed by atoms with Crippen LogP contribution in [0.25, 0.3) is 10.8 Å². The van der Waals surface area contributed by atoms with Gasteiger partial charge in [0.15, 0.2) is 0 Å². The summed E-state index contributed by atoms with van der Waals surface area (Å²) in [5, 5.41) is 5.61. The molecule has 2 heterocycles. The molecule has 1 aliphatic heterocycles. The number of ether oxygens (including phenoxy) is 2. The van der Waals surface area contributed by atoms with E-state index in [2.05, 4.69) is 29.4 Å². The van der Waals surface area contributed by atoms with E-state index in [1.54, 1.807) is 0 Å². The summed E-state index contributed by atoms with van der Waals surface area (Å²) in [6, 6.07) is 8.25. The van der Waals surface area contributed by atoms with Crippen molar-refractivity contribution in [3.05, 3.63) is 36.0 Å². The van der Waals surface area contributed by atoms with Crippen molar-refractivity contribution in [3.63, 3.8) is 0 Å². The summed E-state index contributed by atoms with van der Waals surface area (Å²) >= 11 is 0. The van der Waals surface area contributed by atoms with Crippen LogP contribution in [-0.4, -0.2) is 30.8 Å². The predicted molar refractivity (Wildman–Crippen MR) is 74.4 cm³/mol. The quantitative estimate of drug-likeness (QED) is 0.892. The molecule has 3 rings (SSSR count). The highest BCUT2D eigenvalue weighted by Crippen LogP contribution is 2.27. The van der Waals surface area contributed by atoms with E-state index in [1.165, 1.54) is 10.9 Å². The molecule has 19 heavy (non-hydrogen) atoms. The third-order valence-corrected chi connectivity index (χ3v) is 3.29. The van der Waals surface area contributed by atoms with Crippen LogP contribution >= 0.6 is 0 Å². The van der Waals surface area contributed by atoms with Crippen LogP contribution < -0.4 is 10.1 Å². The molecule has 1 aromatic heterocycles. The lowest BCUT2D eigenvalue weighted by Crippen LogP contribution is -2.38. The lowest BCUT2D eigenvalue weighted by Gasteiger charge is -2.26. The largest absolute Gasteiger partial charge is 0.469 e. The molecule has 1 saturated heterocycles. The number of hydrogen-bond acceptors (Lipinski definition) is 4. The highest BCUT2D eigenvalue weighted by molar-refractivity contribution is 5.89. The van der Waals surface area contributed by atoms with E-state index in [4.69, 9.17) is 9.47 Å². The summed E-state index contributed by atoms with van der Waals surface area (Å²) in [6.45, 7) is 5.21. The van der Waals surface area contributed by atoms with Crippen molar-refractivity contribution in [1.82, 2.24) is 10.3 Å². The van der Waals surface area contributed by atoms with Crippen molar-refractivity contribution in [2.75, 3.05) is 19.8 Å². The van der Waals surface area contributed by atoms with Gasteiger partial charge >= 0.3 is 0 Å². The summed E-state index contributed by atoms with van der Waals surface area (Å²) in [5.74, 6) is 0.712. The highest BCUT2D eigenvalue weighted by Gasteiger charge is 2.21. The van der Waals surface area contributed by atoms with E-state index >= 15 is 0 Å². The molecule has 2 aromatic rings. The predicted octanol–water partition coefficient (Wildman–Crippen LogP) is 2.12. The lowest BCUT2D eigenvalue weighted by molar-refractivity contribution is -0.0807. The van der Waals surface area contributed by atoms with Crippen LogP contribution in [-0.2, 0) is 11.3 Å². The van der Waals surface area contributed by atoms with E-state index in [0.717, 1.165) is 18.5 Å². The minimum atomic E-state index is 0.149. The standard InChI is InChI=1S/C15H18N2O2/c1-2-16-7-11-8-17-15(19-12-9-18-10-12)14-6-4-3-5-13(11)14/h3-6,8,12,16H,2,7,9-10H2,1H3. The second kappa shape index (κ2) is 5.55. The molecule has 1 fully saturated rings. The maximum atomic E-state index is 5.87. The van der Waals surface area contributed by atoms with E-state index < -0.39 is 0 Å². The molecule has 0 saturated carbocycles. The Bertz CT molecular complexity index is 567. The molecule has 0 unspecified atom stereocenters. The molecule has 1 N–H and O–H groups in total. The van der Waals surface area contributed by atoms with E-state index in [0.29, 0.717) is 19.1 Å². The van der Waals surface area contributed by atoms with Crippen LogP contribution in [0.15, 0.2) is 30.5 Å². The minimum absolute atomic E-state index is 0.149. The van der Waals surface area contributed by atoms with Crippen molar-refractivity contribution >= 4 is 10.8 Å². The van der Waals surface area contributed by atoms with Gasteiger partial charge in [0.05, 0.1) is 13.2 Å². The van der Waals surface area contributed by atoms with Crippen molar-refractivity contribution in [2.45, 2.75) is 19.6 Å². The van der Waals surface area contributed by atoms with Crippen LogP contribution in [0.5, 0.6) is 5.88 Å². The second-order valence-corrected chi connectivity index (χ2v) is 4.69. The molecule has 4 nitrogen and oxygen atoms in total. The molecule has 1 aliphatic rings. The number of rotatable bonds is 5. The molecule has 100 valence electrons. The first kappa shape index (κ1) is 12.4. The maximum absolute atomic E-state index is 5.87. The number of hydrogen-bond donors (Lipinski definition) is 1. The molecule has 4 heteroatoms. The topological polar surface area (TPSA) is 43.4 Å². The smallest absolute Gasteiger partial charge is 0.221 e. The first-order chi connectivity index (χ1) is 9.38. The van der Waals surface area contributed by atoms with Gasteiger partial charge in [-0.3, -0.25) is 0 Å². The fraction of sp³-hybridized carbons (Fsp3) is 0.400. The van der Waals surface area contributed by atoms with Crippen LogP contribution in [0.1, 0.15) is 12.5 Å². The second-order valence-electron chi connectivity index (χ2n) is 4.69. The number of fused-ring (bicyclic) bond motifs is 1. The number of benzene rings is 1. The van der Waals surface area contributed by atoms with Gasteiger partial charge in [-0.05, 0) is 23.6 Å². The molecule has 0 radical (unpaired) electrons. The molecule has 0 spiro atoms. The lowest BCUT2D eigenvalue weighted by atomic mass is 10.1. The number of nitrogens with one attached hydrogen (secondary N) is 1. The third-order valence-electron chi connectivity index (χ3n) is 3.29. The normalized spacial score (nSPS) is 15.4. The SMILES string of the molecule is CCNCc1cnc(OC2COC2)c2ccccc12. The third kappa shape index (κ3) is 2.55. The van der Waals surface area contributed by atoms with Crippen LogP contribution in [0, 0.1) is 0 Å². The fourth-order valence-electron chi connectivity index (χ4n) is 2.16. The van der Waals surface area contributed by atoms with Gasteiger partial charge in [0, 0.05) is 18.1 Å². The Balaban J connectivity index is 1.95. The maximum Gasteiger partial charge on any atom is 0.221 e. The summed E-state index contributed by atoms with van der Waals surface area (Å²) in [4.78, 5) is 4.46. The Kier molecular flexibility index (Phi) is 3.62. The zero-order valence-electron chi connectivity index (χ0n) is 11.1. The molecule has 0 bridgehead atoms. The van der Waals surface area contributed by atoms with Crippen molar-refractivity contribution in [2.24, 2.45) is 0 Å². The van der Waals surface area contributed by atoms with Crippen molar-refractivity contribution < 1.29 is 9.47 Å². The summed E-state index contributed by atoms with van der Waals surface area (Å²) in [5.41, 5.74) is 1.20. The van der Waals surface area contributed by atoms with Gasteiger partial charge in [-0.15, -0.1) is 0 Å². The monoisotopic (exact) mass is 258 g/mol. The van der Waals surface area contributed by atoms with E-state index in [1.807, 2.05) is 18.3 Å². The summed E-state index contributed by atoms with van der Waals surface area (Å²) in [6.07, 6.45) is 2.05. The average Bonchev–Trinajstić information content (AvgIpc) is 2.41. The Morgan fingerprint density at radius 3 is 2.79 bits per heavy atom. The Morgan fingerprint density at radius 1 is 1.32 bits per heavy atom. The first-order valence-electron chi connectivity index (χ1n) is 6.70. The first-order valence-corrected chi connectivity index (χ1v) is 6.70. The van der Waals surface area contributed by atoms with Gasteiger partial charge < -0.3 is 14.8 Å². The van der Waals surface area contributed by atoms with Crippen molar-refractivity contribution in [3.8, 4) is 5.88 Å². The Morgan fingerprint density at radius 2 is 2.11 bits per heavy atom. The van der Waals surface area contributed by atoms with Crippen LogP contribution in [0.3, 0.4) is 0 Å². The Hall–Kier alpha value is -1.65. The zero-order chi connectivity index (χ0) is 13.1. The fourth-order valence-corrected chi connectivity index (χ4v) is 2.16. The van der Waals surface area contributed by atoms with Gasteiger partial charge in [0.1, 0.15) is 6.10 Å². The van der Waals surface area contributed by atoms with E-state index in [-0.39, 0.29) is 6.10 Å². The van der Waals surface area contributed by atoms with Gasteiger partial charge in [-0.1, -0.05) is 25.1 Å². The van der Waals surface area contributed by atoms with Gasteiger partial charge in [-0.25, -0.2) is 4.98 Å². The number of aromatic nitrogens is 1. The van der Waals surface area contributed by atoms with Crippen molar-refractivity contribution in [1.29, 1.82) is 0 Å². The van der Waals surface area contributed by atoms with Gasteiger partial charge in [0.2, 0.25) is 5.88 Å². The average molecular weight is 258 g/mol. The van der Waals surface area contributed by atoms with E-state index in [9.17, 15) is 0 Å². The molecule has 0 aliphatic carbocycles. The molecule has 0 amide bonds. The van der Waals surface area contributed by atoms with Crippen LogP contribution in [0.2, 0.25) is 0 Å². The Labute approximate surface area is 112 Å². The highest BCUT2D eigenvalue weighted by atomic mass is 16.6. The molecule has 1 aromatic carbocycles. The number of pyridine rings is 1. The summed E-state index contributed by atoms with van der Waals surface area (Å²) < 4.78 is 11.0. The zero-order valence-corrected chi connectivity index (χ0v) is 11.1. The minimum Gasteiger partial charge on any atom is -0.469 e. The molecular formula is C15H18N2O2. The summed E-state index contributed by atoms with van der Waals surface area (Å²) in [7, 11) is 0.